The monoisotopic (exact) mass is 252 g/mol. The van der Waals surface area contributed by atoms with Crippen molar-refractivity contribution in [2.24, 2.45) is 0 Å². The summed E-state index contributed by atoms with van der Waals surface area (Å²) in [5.41, 5.74) is 0.0184. The Hall–Kier alpha value is -0.970. The number of nitrogens with zero attached hydrogens (tertiary/aromatic N) is 1. The van der Waals surface area contributed by atoms with Crippen LogP contribution in [0.1, 0.15) is 18.9 Å². The molecular formula is C14H21FN2O. The highest BCUT2D eigenvalue weighted by molar-refractivity contribution is 5.27. The normalized spacial score (nSPS) is 20.6. The van der Waals surface area contributed by atoms with Crippen molar-refractivity contribution in [1.82, 2.24) is 10.2 Å². The van der Waals surface area contributed by atoms with Crippen molar-refractivity contribution in [3.8, 4) is 0 Å². The van der Waals surface area contributed by atoms with Crippen LogP contribution >= 0.6 is 0 Å². The molecule has 1 fully saturated rings. The van der Waals surface area contributed by atoms with Crippen molar-refractivity contribution in [3.05, 3.63) is 35.6 Å². The van der Waals surface area contributed by atoms with Crippen molar-refractivity contribution in [2.45, 2.75) is 18.9 Å². The quantitative estimate of drug-likeness (QED) is 0.848. The van der Waals surface area contributed by atoms with Crippen LogP contribution in [0.5, 0.6) is 0 Å². The van der Waals surface area contributed by atoms with Gasteiger partial charge in [-0.1, -0.05) is 25.1 Å². The Bertz CT molecular complexity index is 387. The Kier molecular flexibility index (Phi) is 4.32. The zero-order chi connectivity index (χ0) is 13.0. The lowest BCUT2D eigenvalue weighted by Crippen LogP contribution is -2.56. The van der Waals surface area contributed by atoms with E-state index in [0.717, 1.165) is 26.2 Å². The van der Waals surface area contributed by atoms with Gasteiger partial charge in [-0.3, -0.25) is 4.90 Å². The van der Waals surface area contributed by atoms with E-state index in [4.69, 9.17) is 0 Å². The number of rotatable bonds is 4. The number of hydrogen-bond donors (Lipinski definition) is 2. The molecule has 1 aromatic carbocycles. The second-order valence-electron chi connectivity index (χ2n) is 4.76. The van der Waals surface area contributed by atoms with E-state index >= 15 is 0 Å². The van der Waals surface area contributed by atoms with E-state index in [1.54, 1.807) is 12.1 Å². The molecule has 4 heteroatoms. The first kappa shape index (κ1) is 13.5. The number of aliphatic hydroxyl groups is 1. The molecule has 1 unspecified atom stereocenters. The summed E-state index contributed by atoms with van der Waals surface area (Å²) < 4.78 is 14.1. The summed E-state index contributed by atoms with van der Waals surface area (Å²) in [6.07, 6.45) is 0.699. The molecule has 1 aromatic rings. The summed E-state index contributed by atoms with van der Waals surface area (Å²) in [5.74, 6) is -0.230. The van der Waals surface area contributed by atoms with Gasteiger partial charge in [-0.2, -0.15) is 0 Å². The number of aliphatic hydroxyl groups excluding tert-OH is 1. The third-order valence-corrected chi connectivity index (χ3v) is 3.94. The summed E-state index contributed by atoms with van der Waals surface area (Å²) >= 11 is 0. The predicted molar refractivity (Wildman–Crippen MR) is 69.9 cm³/mol. The second-order valence-corrected chi connectivity index (χ2v) is 4.76. The summed E-state index contributed by atoms with van der Waals surface area (Å²) in [4.78, 5) is 2.20. The Morgan fingerprint density at radius 2 is 2.00 bits per heavy atom. The van der Waals surface area contributed by atoms with Crippen molar-refractivity contribution in [2.75, 3.05) is 32.8 Å². The van der Waals surface area contributed by atoms with Crippen molar-refractivity contribution >= 4 is 0 Å². The Labute approximate surface area is 108 Å². The van der Waals surface area contributed by atoms with Crippen molar-refractivity contribution in [3.63, 3.8) is 0 Å². The van der Waals surface area contributed by atoms with E-state index in [2.05, 4.69) is 10.2 Å². The fourth-order valence-corrected chi connectivity index (χ4v) is 2.81. The molecule has 1 aliphatic heterocycles. The Morgan fingerprint density at radius 3 is 2.56 bits per heavy atom. The van der Waals surface area contributed by atoms with E-state index in [9.17, 15) is 9.50 Å². The molecule has 18 heavy (non-hydrogen) atoms. The first-order chi connectivity index (χ1) is 8.74. The standard InChI is InChI=1S/C14H21FN2O/c1-2-14(11-18,17-9-7-16-8-10-17)12-5-3-4-6-13(12)15/h3-6,16,18H,2,7-11H2,1H3. The number of halogens is 1. The molecule has 3 nitrogen and oxygen atoms in total. The molecule has 2 rings (SSSR count). The second kappa shape index (κ2) is 5.78. The van der Waals surface area contributed by atoms with Gasteiger partial charge in [-0.05, 0) is 12.5 Å². The van der Waals surface area contributed by atoms with Crippen LogP contribution in [0, 0.1) is 5.82 Å². The lowest BCUT2D eigenvalue weighted by molar-refractivity contribution is 0.0112. The minimum atomic E-state index is -0.590. The largest absolute Gasteiger partial charge is 0.394 e. The molecule has 0 amide bonds. The van der Waals surface area contributed by atoms with Crippen LogP contribution in [0.3, 0.4) is 0 Å². The van der Waals surface area contributed by atoms with Crippen LogP contribution in [0.15, 0.2) is 24.3 Å². The molecule has 1 heterocycles. The molecule has 1 saturated heterocycles. The zero-order valence-corrected chi connectivity index (χ0v) is 10.8. The SMILES string of the molecule is CCC(CO)(c1ccccc1F)N1CCNCC1. The average Bonchev–Trinajstić information content (AvgIpc) is 2.44. The summed E-state index contributed by atoms with van der Waals surface area (Å²) in [7, 11) is 0. The third-order valence-electron chi connectivity index (χ3n) is 3.94. The van der Waals surface area contributed by atoms with Gasteiger partial charge in [0.2, 0.25) is 0 Å². The molecule has 0 saturated carbocycles. The molecule has 2 N–H and O–H groups in total. The third kappa shape index (κ3) is 2.28. The van der Waals surface area contributed by atoms with Gasteiger partial charge in [-0.15, -0.1) is 0 Å². The average molecular weight is 252 g/mol. The van der Waals surface area contributed by atoms with Gasteiger partial charge < -0.3 is 10.4 Å². The Morgan fingerprint density at radius 1 is 1.33 bits per heavy atom. The number of benzene rings is 1. The van der Waals surface area contributed by atoms with Gasteiger partial charge in [0, 0.05) is 31.7 Å². The number of hydrogen-bond acceptors (Lipinski definition) is 3. The highest BCUT2D eigenvalue weighted by atomic mass is 19.1. The van der Waals surface area contributed by atoms with Crippen molar-refractivity contribution in [1.29, 1.82) is 0 Å². The molecule has 1 aliphatic rings. The van der Waals surface area contributed by atoms with Crippen LogP contribution < -0.4 is 5.32 Å². The van der Waals surface area contributed by atoms with Crippen LogP contribution in [-0.2, 0) is 5.54 Å². The smallest absolute Gasteiger partial charge is 0.128 e. The van der Waals surface area contributed by atoms with Crippen LogP contribution in [0.2, 0.25) is 0 Å². The van der Waals surface area contributed by atoms with Gasteiger partial charge in [0.1, 0.15) is 5.82 Å². The molecule has 0 aliphatic carbocycles. The lowest BCUT2D eigenvalue weighted by Gasteiger charge is -2.45. The molecule has 0 spiro atoms. The zero-order valence-electron chi connectivity index (χ0n) is 10.8. The minimum absolute atomic E-state index is 0.0512. The minimum Gasteiger partial charge on any atom is -0.394 e. The Balaban J connectivity index is 2.39. The maximum absolute atomic E-state index is 14.1. The van der Waals surface area contributed by atoms with E-state index in [1.807, 2.05) is 13.0 Å². The molecule has 0 aromatic heterocycles. The van der Waals surface area contributed by atoms with E-state index in [1.165, 1.54) is 6.07 Å². The van der Waals surface area contributed by atoms with Gasteiger partial charge in [0.05, 0.1) is 12.1 Å². The fraction of sp³-hybridized carbons (Fsp3) is 0.571. The maximum atomic E-state index is 14.1. The number of nitrogens with one attached hydrogen (secondary N) is 1. The van der Waals surface area contributed by atoms with E-state index < -0.39 is 5.54 Å². The molecule has 1 atom stereocenters. The lowest BCUT2D eigenvalue weighted by atomic mass is 9.85. The predicted octanol–water partition coefficient (Wildman–Crippen LogP) is 1.33. The fourth-order valence-electron chi connectivity index (χ4n) is 2.81. The van der Waals surface area contributed by atoms with Gasteiger partial charge in [0.25, 0.3) is 0 Å². The van der Waals surface area contributed by atoms with E-state index in [0.29, 0.717) is 12.0 Å². The molecule has 0 radical (unpaired) electrons. The van der Waals surface area contributed by atoms with E-state index in [-0.39, 0.29) is 12.4 Å². The summed E-state index contributed by atoms with van der Waals surface area (Å²) in [6, 6.07) is 6.78. The maximum Gasteiger partial charge on any atom is 0.128 e. The van der Waals surface area contributed by atoms with Crippen molar-refractivity contribution < 1.29 is 9.50 Å². The van der Waals surface area contributed by atoms with Gasteiger partial charge >= 0.3 is 0 Å². The molecule has 0 bridgehead atoms. The molecular weight excluding hydrogens is 231 g/mol. The number of piperazine rings is 1. The van der Waals surface area contributed by atoms with Crippen LogP contribution in [0.4, 0.5) is 4.39 Å². The first-order valence-corrected chi connectivity index (χ1v) is 6.56. The topological polar surface area (TPSA) is 35.5 Å². The summed E-state index contributed by atoms with van der Waals surface area (Å²) in [5, 5.41) is 13.2. The molecule has 100 valence electrons. The van der Waals surface area contributed by atoms with Crippen LogP contribution in [0.25, 0.3) is 0 Å². The van der Waals surface area contributed by atoms with Crippen LogP contribution in [-0.4, -0.2) is 42.8 Å². The highest BCUT2D eigenvalue weighted by Gasteiger charge is 2.38. The van der Waals surface area contributed by atoms with Gasteiger partial charge in [-0.25, -0.2) is 4.39 Å². The highest BCUT2D eigenvalue weighted by Crippen LogP contribution is 2.33. The first-order valence-electron chi connectivity index (χ1n) is 6.56. The van der Waals surface area contributed by atoms with Gasteiger partial charge in [0.15, 0.2) is 0 Å². The summed E-state index contributed by atoms with van der Waals surface area (Å²) in [6.45, 7) is 5.40.